The van der Waals surface area contributed by atoms with Crippen LogP contribution >= 0.6 is 11.3 Å². The van der Waals surface area contributed by atoms with Gasteiger partial charge in [0.25, 0.3) is 0 Å². The Bertz CT molecular complexity index is 291. The molecule has 1 aromatic heterocycles. The number of likely N-dealkylation sites (N-methyl/N-ethyl adjacent to an activating group) is 1. The summed E-state index contributed by atoms with van der Waals surface area (Å²) < 4.78 is 0. The van der Waals surface area contributed by atoms with E-state index in [-0.39, 0.29) is 12.1 Å². The van der Waals surface area contributed by atoms with E-state index in [1.54, 1.807) is 18.4 Å². The third-order valence-corrected chi connectivity index (χ3v) is 3.68. The Morgan fingerprint density at radius 1 is 1.53 bits per heavy atom. The van der Waals surface area contributed by atoms with Crippen LogP contribution in [0.1, 0.15) is 29.1 Å². The second-order valence-electron chi connectivity index (χ2n) is 3.69. The van der Waals surface area contributed by atoms with Gasteiger partial charge in [0.1, 0.15) is 0 Å². The average molecular weight is 228 g/mol. The summed E-state index contributed by atoms with van der Waals surface area (Å²) in [6.45, 7) is 4.21. The smallest absolute Gasteiger partial charge is 0.0842 e. The summed E-state index contributed by atoms with van der Waals surface area (Å²) >= 11 is 1.78. The highest BCUT2D eigenvalue weighted by atomic mass is 32.1. The third kappa shape index (κ3) is 3.01. The minimum Gasteiger partial charge on any atom is -0.326 e. The molecule has 15 heavy (non-hydrogen) atoms. The number of nitrogens with zero attached hydrogens (tertiary/aromatic N) is 1. The van der Waals surface area contributed by atoms with Gasteiger partial charge in [-0.15, -0.1) is 11.3 Å². The number of thiophene rings is 1. The van der Waals surface area contributed by atoms with Crippen molar-refractivity contribution < 1.29 is 4.84 Å². The topological polar surface area (TPSA) is 38.5 Å². The lowest BCUT2D eigenvalue weighted by Crippen LogP contribution is -2.37. The Balaban J connectivity index is 2.90. The van der Waals surface area contributed by atoms with Crippen LogP contribution in [0.3, 0.4) is 0 Å². The largest absolute Gasteiger partial charge is 0.326 e. The highest BCUT2D eigenvalue weighted by molar-refractivity contribution is 7.12. The molecule has 1 heterocycles. The van der Waals surface area contributed by atoms with Gasteiger partial charge in [-0.25, -0.2) is 0 Å². The van der Waals surface area contributed by atoms with E-state index in [0.29, 0.717) is 0 Å². The van der Waals surface area contributed by atoms with Crippen molar-refractivity contribution in [3.05, 3.63) is 21.9 Å². The van der Waals surface area contributed by atoms with E-state index < -0.39 is 0 Å². The lowest BCUT2D eigenvalue weighted by Gasteiger charge is -2.29. The fraction of sp³-hybridized carbons (Fsp3) is 0.636. The average Bonchev–Trinajstić information content (AvgIpc) is 2.64. The SMILES string of the molecule is CCC(N)C(c1ccc(C)s1)N(C)OC. The summed E-state index contributed by atoms with van der Waals surface area (Å²) in [4.78, 5) is 7.84. The molecule has 0 saturated carbocycles. The first-order valence-electron chi connectivity index (χ1n) is 5.19. The standard InChI is InChI=1S/C11H20N2OS/c1-5-9(12)11(13(3)14-4)10-7-6-8(2)15-10/h6-7,9,11H,5,12H2,1-4H3. The van der Waals surface area contributed by atoms with Crippen molar-refractivity contribution >= 4 is 11.3 Å². The summed E-state index contributed by atoms with van der Waals surface area (Å²) in [5, 5.41) is 1.83. The number of hydrogen-bond donors (Lipinski definition) is 1. The fourth-order valence-corrected chi connectivity index (χ4v) is 2.70. The molecule has 0 fully saturated rings. The van der Waals surface area contributed by atoms with Crippen LogP contribution < -0.4 is 5.73 Å². The molecular formula is C11H20N2OS. The van der Waals surface area contributed by atoms with E-state index in [4.69, 9.17) is 10.6 Å². The Hall–Kier alpha value is -0.420. The van der Waals surface area contributed by atoms with Crippen LogP contribution in [0.25, 0.3) is 0 Å². The zero-order chi connectivity index (χ0) is 11.4. The molecule has 0 aromatic carbocycles. The van der Waals surface area contributed by atoms with Gasteiger partial charge in [-0.05, 0) is 25.5 Å². The summed E-state index contributed by atoms with van der Waals surface area (Å²) in [5.74, 6) is 0. The lowest BCUT2D eigenvalue weighted by atomic mass is 10.1. The maximum Gasteiger partial charge on any atom is 0.0842 e. The lowest BCUT2D eigenvalue weighted by molar-refractivity contribution is -0.147. The Morgan fingerprint density at radius 2 is 2.20 bits per heavy atom. The van der Waals surface area contributed by atoms with Gasteiger partial charge >= 0.3 is 0 Å². The van der Waals surface area contributed by atoms with Crippen molar-refractivity contribution in [1.29, 1.82) is 0 Å². The van der Waals surface area contributed by atoms with Gasteiger partial charge in [0.15, 0.2) is 0 Å². The fourth-order valence-electron chi connectivity index (χ4n) is 1.61. The van der Waals surface area contributed by atoms with Crippen LogP contribution in [0.5, 0.6) is 0 Å². The second-order valence-corrected chi connectivity index (χ2v) is 5.01. The Labute approximate surface area is 95.8 Å². The minimum absolute atomic E-state index is 0.105. The van der Waals surface area contributed by atoms with Gasteiger partial charge in [0.2, 0.25) is 0 Å². The van der Waals surface area contributed by atoms with E-state index in [1.807, 2.05) is 12.1 Å². The summed E-state index contributed by atoms with van der Waals surface area (Å²) in [6, 6.07) is 4.51. The molecule has 0 aliphatic rings. The maximum absolute atomic E-state index is 6.12. The molecule has 0 aliphatic carbocycles. The molecule has 0 spiro atoms. The molecule has 2 atom stereocenters. The van der Waals surface area contributed by atoms with Crippen LogP contribution in [0.15, 0.2) is 12.1 Å². The molecule has 1 rings (SSSR count). The van der Waals surface area contributed by atoms with Gasteiger partial charge in [-0.2, -0.15) is 5.06 Å². The maximum atomic E-state index is 6.12. The van der Waals surface area contributed by atoms with Crippen LogP contribution in [0.4, 0.5) is 0 Å². The van der Waals surface area contributed by atoms with Crippen molar-refractivity contribution in [3.8, 4) is 0 Å². The van der Waals surface area contributed by atoms with Gasteiger partial charge in [-0.1, -0.05) is 6.92 Å². The number of nitrogens with two attached hydrogens (primary N) is 1. The molecule has 2 N–H and O–H groups in total. The first-order valence-corrected chi connectivity index (χ1v) is 6.00. The van der Waals surface area contributed by atoms with E-state index in [1.165, 1.54) is 9.75 Å². The summed E-state index contributed by atoms with van der Waals surface area (Å²) in [7, 11) is 3.60. The zero-order valence-corrected chi connectivity index (χ0v) is 10.7. The molecule has 0 amide bonds. The van der Waals surface area contributed by atoms with Crippen molar-refractivity contribution in [2.45, 2.75) is 32.4 Å². The first kappa shape index (κ1) is 12.6. The first-order chi connectivity index (χ1) is 7.10. The predicted molar refractivity (Wildman–Crippen MR) is 64.8 cm³/mol. The van der Waals surface area contributed by atoms with Crippen molar-refractivity contribution in [3.63, 3.8) is 0 Å². The molecule has 2 unspecified atom stereocenters. The van der Waals surface area contributed by atoms with Crippen molar-refractivity contribution in [1.82, 2.24) is 5.06 Å². The van der Waals surface area contributed by atoms with E-state index in [9.17, 15) is 0 Å². The number of hydrogen-bond acceptors (Lipinski definition) is 4. The predicted octanol–water partition coefficient (Wildman–Crippen LogP) is 2.33. The molecule has 3 nitrogen and oxygen atoms in total. The number of aryl methyl sites for hydroxylation is 1. The Morgan fingerprint density at radius 3 is 2.60 bits per heavy atom. The summed E-state index contributed by atoms with van der Waals surface area (Å²) in [6.07, 6.45) is 0.940. The van der Waals surface area contributed by atoms with E-state index in [0.717, 1.165) is 6.42 Å². The molecule has 86 valence electrons. The Kier molecular flexibility index (Phi) is 4.73. The van der Waals surface area contributed by atoms with Gasteiger partial charge in [0.05, 0.1) is 13.2 Å². The van der Waals surface area contributed by atoms with Crippen molar-refractivity contribution in [2.24, 2.45) is 5.73 Å². The number of hydroxylamine groups is 2. The third-order valence-electron chi connectivity index (χ3n) is 2.61. The van der Waals surface area contributed by atoms with E-state index in [2.05, 4.69) is 26.0 Å². The highest BCUT2D eigenvalue weighted by Crippen LogP contribution is 2.29. The second kappa shape index (κ2) is 5.61. The van der Waals surface area contributed by atoms with Gasteiger partial charge < -0.3 is 10.6 Å². The van der Waals surface area contributed by atoms with E-state index >= 15 is 0 Å². The highest BCUT2D eigenvalue weighted by Gasteiger charge is 2.24. The van der Waals surface area contributed by atoms with Crippen LogP contribution in [-0.2, 0) is 4.84 Å². The van der Waals surface area contributed by atoms with Gasteiger partial charge in [0, 0.05) is 22.8 Å². The zero-order valence-electron chi connectivity index (χ0n) is 9.86. The molecule has 0 bridgehead atoms. The quantitative estimate of drug-likeness (QED) is 0.786. The van der Waals surface area contributed by atoms with Crippen LogP contribution in [0, 0.1) is 6.92 Å². The van der Waals surface area contributed by atoms with Crippen LogP contribution in [-0.4, -0.2) is 25.3 Å². The molecule has 0 saturated heterocycles. The van der Waals surface area contributed by atoms with Crippen LogP contribution in [0.2, 0.25) is 0 Å². The summed E-state index contributed by atoms with van der Waals surface area (Å²) in [5.41, 5.74) is 6.12. The molecule has 0 radical (unpaired) electrons. The molecular weight excluding hydrogens is 208 g/mol. The van der Waals surface area contributed by atoms with Gasteiger partial charge in [-0.3, -0.25) is 0 Å². The molecule has 4 heteroatoms. The normalized spacial score (nSPS) is 15.6. The minimum atomic E-state index is 0.105. The number of rotatable bonds is 5. The monoisotopic (exact) mass is 228 g/mol. The molecule has 1 aromatic rings. The van der Waals surface area contributed by atoms with Crippen molar-refractivity contribution in [2.75, 3.05) is 14.2 Å². The molecule has 0 aliphatic heterocycles.